The van der Waals surface area contributed by atoms with Crippen LogP contribution in [0, 0.1) is 0 Å². The topological polar surface area (TPSA) is 55.4 Å². The molecule has 23 heavy (non-hydrogen) atoms. The fraction of sp³-hybridized carbons (Fsp3) is 0.278. The third-order valence-electron chi connectivity index (χ3n) is 3.43. The molecule has 0 heterocycles. The Labute approximate surface area is 139 Å². The molecule has 2 rings (SSSR count). The highest BCUT2D eigenvalue weighted by Crippen LogP contribution is 2.14. The zero-order valence-corrected chi connectivity index (χ0v) is 14.1. The fourth-order valence-electron chi connectivity index (χ4n) is 2.25. The Kier molecular flexibility index (Phi) is 6.35. The summed E-state index contributed by atoms with van der Waals surface area (Å²) in [7, 11) is 0.340. The summed E-state index contributed by atoms with van der Waals surface area (Å²) in [6, 6.07) is 17.0. The summed E-state index contributed by atoms with van der Waals surface area (Å²) in [5, 5.41) is 2.88. The van der Waals surface area contributed by atoms with Crippen molar-refractivity contribution in [2.45, 2.75) is 18.7 Å². The van der Waals surface area contributed by atoms with E-state index >= 15 is 0 Å². The molecule has 0 fully saturated rings. The molecule has 122 valence electrons. The summed E-state index contributed by atoms with van der Waals surface area (Å²) >= 11 is 0. The standard InChI is InChI=1S/C18H21NO3S/c1-14(16-8-4-3-5-9-16)19-18(20)13-23(21)12-15-7-6-10-17(11-15)22-2/h3-11,14H,12-13H2,1-2H3,(H,19,20)/t14-,23-/m0/s1. The number of carbonyl (C=O) groups is 1. The van der Waals surface area contributed by atoms with Gasteiger partial charge in [0, 0.05) is 16.6 Å². The lowest BCUT2D eigenvalue weighted by Crippen LogP contribution is -2.31. The van der Waals surface area contributed by atoms with Crippen LogP contribution >= 0.6 is 0 Å². The summed E-state index contributed by atoms with van der Waals surface area (Å²) in [6.45, 7) is 1.91. The summed E-state index contributed by atoms with van der Waals surface area (Å²) < 4.78 is 17.3. The minimum Gasteiger partial charge on any atom is -0.497 e. The smallest absolute Gasteiger partial charge is 0.233 e. The van der Waals surface area contributed by atoms with E-state index in [0.717, 1.165) is 16.9 Å². The molecule has 0 unspecified atom stereocenters. The maximum Gasteiger partial charge on any atom is 0.233 e. The van der Waals surface area contributed by atoms with Gasteiger partial charge in [0.1, 0.15) is 11.5 Å². The number of rotatable bonds is 7. The van der Waals surface area contributed by atoms with Crippen LogP contribution in [0.3, 0.4) is 0 Å². The van der Waals surface area contributed by atoms with Crippen LogP contribution < -0.4 is 10.1 Å². The van der Waals surface area contributed by atoms with Crippen molar-refractivity contribution in [1.82, 2.24) is 5.32 Å². The van der Waals surface area contributed by atoms with Crippen molar-refractivity contribution < 1.29 is 13.7 Å². The summed E-state index contributed by atoms with van der Waals surface area (Å²) in [5.74, 6) is 0.850. The van der Waals surface area contributed by atoms with Gasteiger partial charge < -0.3 is 10.1 Å². The molecule has 0 aliphatic heterocycles. The van der Waals surface area contributed by atoms with E-state index in [9.17, 15) is 9.00 Å². The Morgan fingerprint density at radius 3 is 2.61 bits per heavy atom. The Morgan fingerprint density at radius 1 is 1.17 bits per heavy atom. The number of nitrogens with one attached hydrogen (secondary N) is 1. The predicted octanol–water partition coefficient (Wildman–Crippen LogP) is 2.82. The van der Waals surface area contributed by atoms with Crippen molar-refractivity contribution in [3.63, 3.8) is 0 Å². The number of hydrogen-bond donors (Lipinski definition) is 1. The highest BCUT2D eigenvalue weighted by Gasteiger charge is 2.13. The molecule has 1 amide bonds. The summed E-state index contributed by atoms with van der Waals surface area (Å²) in [6.07, 6.45) is 0. The number of methoxy groups -OCH3 is 1. The van der Waals surface area contributed by atoms with Crippen LogP contribution in [0.4, 0.5) is 0 Å². The van der Waals surface area contributed by atoms with Gasteiger partial charge in [-0.1, -0.05) is 42.5 Å². The second kappa shape index (κ2) is 8.48. The first-order valence-corrected chi connectivity index (χ1v) is 8.89. The number of hydrogen-bond acceptors (Lipinski definition) is 3. The van der Waals surface area contributed by atoms with Crippen molar-refractivity contribution in [2.24, 2.45) is 0 Å². The highest BCUT2D eigenvalue weighted by atomic mass is 32.2. The number of benzene rings is 2. The summed E-state index contributed by atoms with van der Waals surface area (Å²) in [5.41, 5.74) is 1.92. The van der Waals surface area contributed by atoms with E-state index < -0.39 is 10.8 Å². The molecule has 0 saturated carbocycles. The first-order chi connectivity index (χ1) is 11.1. The molecular formula is C18H21NO3S. The van der Waals surface area contributed by atoms with Crippen LogP contribution in [0.1, 0.15) is 24.1 Å². The molecule has 0 saturated heterocycles. The van der Waals surface area contributed by atoms with E-state index in [0.29, 0.717) is 5.75 Å². The van der Waals surface area contributed by atoms with Gasteiger partial charge in [0.2, 0.25) is 5.91 Å². The van der Waals surface area contributed by atoms with E-state index in [2.05, 4.69) is 5.32 Å². The maximum absolute atomic E-state index is 12.1. The fourth-order valence-corrected chi connectivity index (χ4v) is 3.28. The largest absolute Gasteiger partial charge is 0.497 e. The second-order valence-electron chi connectivity index (χ2n) is 5.28. The predicted molar refractivity (Wildman–Crippen MR) is 92.7 cm³/mol. The van der Waals surface area contributed by atoms with Gasteiger partial charge in [0.05, 0.1) is 13.2 Å². The monoisotopic (exact) mass is 331 g/mol. The van der Waals surface area contributed by atoms with Crippen molar-refractivity contribution in [1.29, 1.82) is 0 Å². The first kappa shape index (κ1) is 17.2. The van der Waals surface area contributed by atoms with Crippen LogP contribution in [0.5, 0.6) is 5.75 Å². The zero-order valence-electron chi connectivity index (χ0n) is 13.3. The van der Waals surface area contributed by atoms with E-state index in [1.807, 2.05) is 61.5 Å². The minimum atomic E-state index is -1.25. The zero-order chi connectivity index (χ0) is 16.7. The Hall–Kier alpha value is -2.14. The van der Waals surface area contributed by atoms with Crippen LogP contribution in [-0.4, -0.2) is 23.0 Å². The normalized spacial score (nSPS) is 13.1. The Bertz CT molecular complexity index is 673. The van der Waals surface area contributed by atoms with Crippen molar-refractivity contribution in [2.75, 3.05) is 12.9 Å². The van der Waals surface area contributed by atoms with Crippen LogP contribution in [-0.2, 0) is 21.3 Å². The third-order valence-corrected chi connectivity index (χ3v) is 4.67. The highest BCUT2D eigenvalue weighted by molar-refractivity contribution is 7.84. The lowest BCUT2D eigenvalue weighted by molar-refractivity contribution is -0.119. The molecule has 0 radical (unpaired) electrons. The lowest BCUT2D eigenvalue weighted by Gasteiger charge is -2.14. The van der Waals surface area contributed by atoms with Crippen molar-refractivity contribution in [3.8, 4) is 5.75 Å². The van der Waals surface area contributed by atoms with Gasteiger partial charge in [-0.2, -0.15) is 0 Å². The second-order valence-corrected chi connectivity index (χ2v) is 6.74. The molecule has 0 aliphatic rings. The van der Waals surface area contributed by atoms with Crippen molar-refractivity contribution in [3.05, 3.63) is 65.7 Å². The van der Waals surface area contributed by atoms with Gasteiger partial charge in [0.15, 0.2) is 0 Å². The molecular weight excluding hydrogens is 310 g/mol. The molecule has 0 aliphatic carbocycles. The van der Waals surface area contributed by atoms with E-state index in [-0.39, 0.29) is 17.7 Å². The molecule has 5 heteroatoms. The van der Waals surface area contributed by atoms with Gasteiger partial charge in [-0.25, -0.2) is 0 Å². The van der Waals surface area contributed by atoms with Gasteiger partial charge in [-0.05, 0) is 30.2 Å². The minimum absolute atomic E-state index is 0.00557. The van der Waals surface area contributed by atoms with Gasteiger partial charge in [-0.15, -0.1) is 0 Å². The Balaban J connectivity index is 1.86. The molecule has 4 nitrogen and oxygen atoms in total. The summed E-state index contributed by atoms with van der Waals surface area (Å²) in [4.78, 5) is 12.0. The van der Waals surface area contributed by atoms with Gasteiger partial charge in [0.25, 0.3) is 0 Å². The van der Waals surface area contributed by atoms with E-state index in [4.69, 9.17) is 4.74 Å². The number of amides is 1. The van der Waals surface area contributed by atoms with E-state index in [1.54, 1.807) is 7.11 Å². The number of ether oxygens (including phenoxy) is 1. The molecule has 2 aromatic rings. The van der Waals surface area contributed by atoms with E-state index in [1.165, 1.54) is 0 Å². The molecule has 2 atom stereocenters. The van der Waals surface area contributed by atoms with Crippen molar-refractivity contribution >= 4 is 16.7 Å². The Morgan fingerprint density at radius 2 is 1.91 bits per heavy atom. The van der Waals surface area contributed by atoms with Gasteiger partial charge in [-0.3, -0.25) is 9.00 Å². The molecule has 0 bridgehead atoms. The maximum atomic E-state index is 12.1. The van der Waals surface area contributed by atoms with Crippen LogP contribution in [0.2, 0.25) is 0 Å². The average molecular weight is 331 g/mol. The lowest BCUT2D eigenvalue weighted by atomic mass is 10.1. The molecule has 0 aromatic heterocycles. The van der Waals surface area contributed by atoms with Crippen LogP contribution in [0.25, 0.3) is 0 Å². The average Bonchev–Trinajstić information content (AvgIpc) is 2.55. The molecule has 1 N–H and O–H groups in total. The third kappa shape index (κ3) is 5.53. The molecule has 2 aromatic carbocycles. The van der Waals surface area contributed by atoms with Crippen LogP contribution in [0.15, 0.2) is 54.6 Å². The first-order valence-electron chi connectivity index (χ1n) is 7.40. The quantitative estimate of drug-likeness (QED) is 0.849. The number of carbonyl (C=O) groups excluding carboxylic acids is 1. The van der Waals surface area contributed by atoms with Gasteiger partial charge >= 0.3 is 0 Å². The SMILES string of the molecule is COc1cccc(C[S@](=O)CC(=O)N[C@@H](C)c2ccccc2)c1. The molecule has 0 spiro atoms.